The molecule has 4 amide bonds. The summed E-state index contributed by atoms with van der Waals surface area (Å²) in [7, 11) is -3.53. The number of hydrogen-bond acceptors (Lipinski definition) is 11. The Morgan fingerprint density at radius 3 is 2.53 bits per heavy atom. The van der Waals surface area contributed by atoms with Crippen molar-refractivity contribution in [2.24, 2.45) is 5.41 Å². The minimum absolute atomic E-state index is 0.00576. The summed E-state index contributed by atoms with van der Waals surface area (Å²) in [6, 6.07) is 8.10. The van der Waals surface area contributed by atoms with Crippen LogP contribution >= 0.6 is 0 Å². The van der Waals surface area contributed by atoms with Crippen LogP contribution in [0.4, 0.5) is 10.7 Å². The smallest absolute Gasteiger partial charge is 0.322 e. The molecule has 0 saturated carbocycles. The van der Waals surface area contributed by atoms with Crippen LogP contribution in [0.5, 0.6) is 0 Å². The summed E-state index contributed by atoms with van der Waals surface area (Å²) in [5.41, 5.74) is 1.29. The molecular formula is C30H31N9O5S. The monoisotopic (exact) mass is 629 g/mol. The quantitative estimate of drug-likeness (QED) is 0.264. The Balaban J connectivity index is 1.19. The summed E-state index contributed by atoms with van der Waals surface area (Å²) in [5, 5.41) is 8.77. The molecule has 232 valence electrons. The van der Waals surface area contributed by atoms with Gasteiger partial charge >= 0.3 is 6.03 Å². The first-order valence-electron chi connectivity index (χ1n) is 14.2. The number of amides is 4. The number of sulfone groups is 1. The maximum Gasteiger partial charge on any atom is 0.322 e. The molecule has 1 atom stereocenters. The molecule has 15 heteroatoms. The van der Waals surface area contributed by atoms with E-state index in [0.717, 1.165) is 11.6 Å². The van der Waals surface area contributed by atoms with E-state index in [0.29, 0.717) is 53.8 Å². The van der Waals surface area contributed by atoms with Gasteiger partial charge in [0.2, 0.25) is 5.95 Å². The van der Waals surface area contributed by atoms with Crippen LogP contribution in [0.25, 0.3) is 22.3 Å². The number of carbonyl (C=O) groups excluding carboxylic acids is 3. The van der Waals surface area contributed by atoms with E-state index in [1.165, 1.54) is 12.3 Å². The number of aromatic nitrogens is 5. The highest BCUT2D eigenvalue weighted by molar-refractivity contribution is 7.90. The molecule has 0 aliphatic carbocycles. The van der Waals surface area contributed by atoms with Crippen molar-refractivity contribution in [1.29, 1.82) is 0 Å². The van der Waals surface area contributed by atoms with Gasteiger partial charge in [-0.3, -0.25) is 24.9 Å². The van der Waals surface area contributed by atoms with E-state index >= 15 is 0 Å². The number of pyridine rings is 3. The molecule has 0 bridgehead atoms. The summed E-state index contributed by atoms with van der Waals surface area (Å²) in [6.07, 6.45) is 6.14. The predicted octanol–water partition coefficient (Wildman–Crippen LogP) is 1.94. The summed E-state index contributed by atoms with van der Waals surface area (Å²) in [5.74, 6) is -0.300. The highest BCUT2D eigenvalue weighted by atomic mass is 32.2. The first kappa shape index (κ1) is 30.0. The number of anilines is 1. The van der Waals surface area contributed by atoms with E-state index in [4.69, 9.17) is 9.97 Å². The minimum Gasteiger partial charge on any atom is -0.346 e. The summed E-state index contributed by atoms with van der Waals surface area (Å²) in [4.78, 5) is 61.9. The van der Waals surface area contributed by atoms with E-state index in [9.17, 15) is 22.8 Å². The molecule has 4 aromatic rings. The number of nitrogens with zero attached hydrogens (tertiary/aromatic N) is 6. The first-order chi connectivity index (χ1) is 21.3. The van der Waals surface area contributed by atoms with E-state index in [1.54, 1.807) is 31.5 Å². The van der Waals surface area contributed by atoms with Gasteiger partial charge < -0.3 is 15.5 Å². The van der Waals surface area contributed by atoms with E-state index < -0.39 is 32.7 Å². The van der Waals surface area contributed by atoms with Crippen LogP contribution in [0.15, 0.2) is 53.8 Å². The number of fused-ring (bicyclic) bond motifs is 1. The Labute approximate surface area is 259 Å². The molecular weight excluding hydrogens is 598 g/mol. The van der Waals surface area contributed by atoms with Gasteiger partial charge in [0.1, 0.15) is 5.54 Å². The summed E-state index contributed by atoms with van der Waals surface area (Å²) in [6.45, 7) is 6.47. The molecule has 3 N–H and O–H groups in total. The Morgan fingerprint density at radius 2 is 1.82 bits per heavy atom. The van der Waals surface area contributed by atoms with Crippen molar-refractivity contribution in [3.05, 3.63) is 65.9 Å². The normalized spacial score (nSPS) is 19.4. The highest BCUT2D eigenvalue weighted by Gasteiger charge is 2.58. The number of aryl methyl sites for hydroxylation is 1. The first-order valence-corrected chi connectivity index (χ1v) is 16.1. The van der Waals surface area contributed by atoms with Gasteiger partial charge in [-0.1, -0.05) is 13.8 Å². The summed E-state index contributed by atoms with van der Waals surface area (Å²) < 4.78 is 24.1. The number of rotatable bonds is 6. The van der Waals surface area contributed by atoms with Gasteiger partial charge in [0.25, 0.3) is 11.8 Å². The largest absolute Gasteiger partial charge is 0.346 e. The Kier molecular flexibility index (Phi) is 7.22. The van der Waals surface area contributed by atoms with Crippen LogP contribution in [0.2, 0.25) is 0 Å². The van der Waals surface area contributed by atoms with Crippen LogP contribution in [0, 0.1) is 12.3 Å². The van der Waals surface area contributed by atoms with Crippen molar-refractivity contribution in [2.75, 3.05) is 24.2 Å². The molecule has 0 unspecified atom stereocenters. The maximum absolute atomic E-state index is 12.8. The van der Waals surface area contributed by atoms with Crippen molar-refractivity contribution in [2.45, 2.75) is 44.2 Å². The van der Waals surface area contributed by atoms with Gasteiger partial charge in [-0.15, -0.1) is 0 Å². The number of piperidine rings is 1. The Morgan fingerprint density at radius 1 is 1.04 bits per heavy atom. The van der Waals surface area contributed by atoms with Crippen LogP contribution < -0.4 is 20.9 Å². The average molecular weight is 630 g/mol. The number of nitrogens with one attached hydrogen (secondary N) is 3. The second kappa shape index (κ2) is 10.8. The van der Waals surface area contributed by atoms with Crippen LogP contribution in [-0.2, 0) is 21.2 Å². The van der Waals surface area contributed by atoms with Crippen LogP contribution in [-0.4, -0.2) is 76.1 Å². The molecule has 45 heavy (non-hydrogen) atoms. The van der Waals surface area contributed by atoms with Crippen LogP contribution in [0.1, 0.15) is 42.0 Å². The van der Waals surface area contributed by atoms with Crippen molar-refractivity contribution < 1.29 is 22.8 Å². The molecule has 1 spiro atoms. The number of imide groups is 1. The summed E-state index contributed by atoms with van der Waals surface area (Å²) >= 11 is 0. The van der Waals surface area contributed by atoms with Gasteiger partial charge in [0.05, 0.1) is 45.3 Å². The highest BCUT2D eigenvalue weighted by Crippen LogP contribution is 2.41. The van der Waals surface area contributed by atoms with Crippen molar-refractivity contribution in [3.63, 3.8) is 0 Å². The Hall–Kier alpha value is -5.05. The lowest BCUT2D eigenvalue weighted by Gasteiger charge is -2.49. The zero-order chi connectivity index (χ0) is 32.1. The molecule has 6 heterocycles. The third-order valence-corrected chi connectivity index (χ3v) is 9.60. The lowest BCUT2D eigenvalue weighted by molar-refractivity contribution is -0.129. The number of hydrogen-bond donors (Lipinski definition) is 3. The van der Waals surface area contributed by atoms with Gasteiger partial charge in [0.15, 0.2) is 9.84 Å². The molecule has 0 radical (unpaired) electrons. The number of carbonyl (C=O) groups is 3. The fraction of sp³-hybridized carbons (Fsp3) is 0.333. The van der Waals surface area contributed by atoms with E-state index in [2.05, 4.69) is 30.9 Å². The topological polar surface area (TPSA) is 189 Å². The molecule has 2 aliphatic rings. The third kappa shape index (κ3) is 5.54. The van der Waals surface area contributed by atoms with Gasteiger partial charge in [-0.25, -0.2) is 28.2 Å². The second-order valence-electron chi connectivity index (χ2n) is 11.9. The third-order valence-electron chi connectivity index (χ3n) is 8.39. The van der Waals surface area contributed by atoms with Gasteiger partial charge in [-0.05, 0) is 43.7 Å². The van der Waals surface area contributed by atoms with Crippen molar-refractivity contribution in [1.82, 2.24) is 40.9 Å². The zero-order valence-corrected chi connectivity index (χ0v) is 25.9. The van der Waals surface area contributed by atoms with Gasteiger partial charge in [-0.2, -0.15) is 0 Å². The number of urea groups is 1. The average Bonchev–Trinajstić information content (AvgIpc) is 3.30. The molecule has 2 fully saturated rings. The Bertz CT molecular complexity index is 2000. The molecule has 2 saturated heterocycles. The molecule has 14 nitrogen and oxygen atoms in total. The lowest BCUT2D eigenvalue weighted by Crippen LogP contribution is -2.66. The fourth-order valence-corrected chi connectivity index (χ4v) is 6.80. The standard InChI is InChI=1S/C30H31N9O5S/c1-17-24(45(4,43)44)11-19(14-32-17)25(40)34-15-20-12-23-18(13-33-20)5-6-21(35-23)22-7-9-31-27(36-22)39-10-8-30(29(2,3)16-39)26(41)37-28(42)38-30/h5-7,9,11-14H,8,10,15-16H2,1-4H3,(H,34,40)(H2,37,38,41,42)/t30-/m0/s1. The minimum atomic E-state index is -3.53. The van der Waals surface area contributed by atoms with Gasteiger partial charge in [0, 0.05) is 48.7 Å². The van der Waals surface area contributed by atoms with E-state index in [1.807, 2.05) is 30.9 Å². The van der Waals surface area contributed by atoms with Crippen molar-refractivity contribution in [3.8, 4) is 11.4 Å². The molecule has 6 rings (SSSR count). The van der Waals surface area contributed by atoms with E-state index in [-0.39, 0.29) is 22.9 Å². The fourth-order valence-electron chi connectivity index (χ4n) is 5.87. The van der Waals surface area contributed by atoms with Crippen LogP contribution in [0.3, 0.4) is 0 Å². The maximum atomic E-state index is 12.8. The predicted molar refractivity (Wildman–Crippen MR) is 164 cm³/mol. The molecule has 2 aliphatic heterocycles. The second-order valence-corrected chi connectivity index (χ2v) is 13.9. The van der Waals surface area contributed by atoms with Crippen molar-refractivity contribution >= 4 is 44.5 Å². The molecule has 4 aromatic heterocycles. The SMILES string of the molecule is Cc1ncc(C(=O)NCc2cc3nc(-c4ccnc(N5CC[C@@]6(NC(=O)NC6=O)C(C)(C)C5)n4)ccc3cn2)cc1S(C)(=O)=O. The zero-order valence-electron chi connectivity index (χ0n) is 25.1. The lowest BCUT2D eigenvalue weighted by atomic mass is 9.67. The molecule has 0 aromatic carbocycles.